The molecule has 0 aliphatic carbocycles. The second-order valence-corrected chi connectivity index (χ2v) is 5.11. The van der Waals surface area contributed by atoms with Crippen LogP contribution in [0.1, 0.15) is 23.0 Å². The molecule has 0 aliphatic rings. The quantitative estimate of drug-likeness (QED) is 0.510. The number of anilines is 2. The fourth-order valence-electron chi connectivity index (χ4n) is 2.23. The second kappa shape index (κ2) is 5.48. The van der Waals surface area contributed by atoms with Crippen LogP contribution < -0.4 is 11.1 Å². The van der Waals surface area contributed by atoms with Crippen LogP contribution in [0.15, 0.2) is 36.5 Å². The number of carbonyl (C=O) groups excluding carboxylic acids is 1. The summed E-state index contributed by atoms with van der Waals surface area (Å²) in [4.78, 5) is 18.5. The van der Waals surface area contributed by atoms with Crippen molar-refractivity contribution in [3.8, 4) is 0 Å². The Morgan fingerprint density at radius 3 is 2.95 bits per heavy atom. The Morgan fingerprint density at radius 1 is 1.36 bits per heavy atom. The molecule has 0 radical (unpaired) electrons. The predicted octanol–water partition coefficient (Wildman–Crippen LogP) is 3.10. The van der Waals surface area contributed by atoms with Gasteiger partial charge in [-0.15, -0.1) is 0 Å². The lowest BCUT2D eigenvalue weighted by atomic mass is 10.2. The molecule has 0 atom stereocenters. The number of rotatable bonds is 4. The molecule has 3 rings (SSSR count). The van der Waals surface area contributed by atoms with E-state index in [2.05, 4.69) is 15.3 Å². The van der Waals surface area contributed by atoms with E-state index in [1.165, 1.54) is 19.1 Å². The highest BCUT2D eigenvalue weighted by atomic mass is 19.1. The van der Waals surface area contributed by atoms with Crippen molar-refractivity contribution in [3.05, 3.63) is 53.6 Å². The molecule has 0 spiro atoms. The van der Waals surface area contributed by atoms with Gasteiger partial charge in [0.05, 0.1) is 17.6 Å². The number of nitrogen functional groups attached to an aromatic ring is 1. The summed E-state index contributed by atoms with van der Waals surface area (Å²) in [5, 5.41) is 3.93. The third kappa shape index (κ3) is 2.76. The maximum atomic E-state index is 13.7. The molecule has 4 N–H and O–H groups in total. The lowest BCUT2D eigenvalue weighted by Crippen LogP contribution is -2.03. The summed E-state index contributed by atoms with van der Waals surface area (Å²) in [6.07, 6.45) is 1.63. The van der Waals surface area contributed by atoms with Gasteiger partial charge in [-0.25, -0.2) is 9.37 Å². The van der Waals surface area contributed by atoms with Crippen molar-refractivity contribution in [1.82, 2.24) is 9.97 Å². The molecule has 112 valence electrons. The van der Waals surface area contributed by atoms with Crippen LogP contribution in [0, 0.1) is 5.82 Å². The number of ketones is 1. The van der Waals surface area contributed by atoms with Gasteiger partial charge in [0.2, 0.25) is 0 Å². The largest absolute Gasteiger partial charge is 0.399 e. The van der Waals surface area contributed by atoms with Crippen LogP contribution in [0.25, 0.3) is 11.0 Å². The zero-order valence-corrected chi connectivity index (χ0v) is 12.0. The second-order valence-electron chi connectivity index (χ2n) is 5.11. The van der Waals surface area contributed by atoms with Crippen LogP contribution >= 0.6 is 0 Å². The van der Waals surface area contributed by atoms with Crippen molar-refractivity contribution >= 4 is 28.2 Å². The van der Waals surface area contributed by atoms with Gasteiger partial charge in [-0.2, -0.15) is 0 Å². The Kier molecular flexibility index (Phi) is 3.50. The Hall–Kier alpha value is -2.89. The molecule has 0 saturated carbocycles. The minimum Gasteiger partial charge on any atom is -0.399 e. The zero-order chi connectivity index (χ0) is 15.7. The first-order valence-corrected chi connectivity index (χ1v) is 6.80. The van der Waals surface area contributed by atoms with E-state index in [9.17, 15) is 9.18 Å². The minimum atomic E-state index is -0.309. The number of nitrogens with two attached hydrogens (primary N) is 1. The molecule has 2 aromatic heterocycles. The highest BCUT2D eigenvalue weighted by Gasteiger charge is 2.07. The molecule has 1 aromatic carbocycles. The summed E-state index contributed by atoms with van der Waals surface area (Å²) in [5.74, 6) is -0.356. The lowest BCUT2D eigenvalue weighted by Gasteiger charge is -2.08. The van der Waals surface area contributed by atoms with E-state index in [1.54, 1.807) is 18.3 Å². The van der Waals surface area contributed by atoms with Gasteiger partial charge < -0.3 is 16.0 Å². The highest BCUT2D eigenvalue weighted by Crippen LogP contribution is 2.19. The Labute approximate surface area is 126 Å². The topological polar surface area (TPSA) is 83.8 Å². The number of aromatic amines is 1. The van der Waals surface area contributed by atoms with Gasteiger partial charge in [0, 0.05) is 30.1 Å². The number of aromatic nitrogens is 2. The molecule has 0 fully saturated rings. The van der Waals surface area contributed by atoms with Crippen molar-refractivity contribution in [2.24, 2.45) is 0 Å². The van der Waals surface area contributed by atoms with Crippen LogP contribution in [0.5, 0.6) is 0 Å². The molecule has 3 aromatic rings. The molecule has 22 heavy (non-hydrogen) atoms. The number of nitrogens with one attached hydrogen (secondary N) is 2. The predicted molar refractivity (Wildman–Crippen MR) is 84.2 cm³/mol. The number of Topliss-reactive ketones (excluding diaryl/α,β-unsaturated/α-hetero) is 1. The third-order valence-electron chi connectivity index (χ3n) is 3.40. The first-order valence-electron chi connectivity index (χ1n) is 6.80. The van der Waals surface area contributed by atoms with Crippen LogP contribution in [-0.4, -0.2) is 15.8 Å². The smallest absolute Gasteiger partial charge is 0.176 e. The van der Waals surface area contributed by atoms with Gasteiger partial charge >= 0.3 is 0 Å². The number of hydrogen-bond acceptors (Lipinski definition) is 4. The molecule has 0 bridgehead atoms. The van der Waals surface area contributed by atoms with Crippen LogP contribution in [-0.2, 0) is 6.54 Å². The minimum absolute atomic E-state index is 0.0469. The van der Waals surface area contributed by atoms with Gasteiger partial charge in [0.25, 0.3) is 0 Å². The fourth-order valence-corrected chi connectivity index (χ4v) is 2.23. The summed E-state index contributed by atoms with van der Waals surface area (Å²) in [6, 6.07) is 8.07. The molecule has 0 aliphatic heterocycles. The first kappa shape index (κ1) is 14.1. The summed E-state index contributed by atoms with van der Waals surface area (Å²) in [5.41, 5.74) is 8.56. The van der Waals surface area contributed by atoms with E-state index in [1.807, 2.05) is 6.07 Å². The average molecular weight is 298 g/mol. The molecule has 2 heterocycles. The van der Waals surface area contributed by atoms with E-state index < -0.39 is 0 Å². The van der Waals surface area contributed by atoms with E-state index in [0.29, 0.717) is 29.1 Å². The van der Waals surface area contributed by atoms with Crippen LogP contribution in [0.2, 0.25) is 0 Å². The first-order chi connectivity index (χ1) is 10.5. The summed E-state index contributed by atoms with van der Waals surface area (Å²) in [6.45, 7) is 1.79. The van der Waals surface area contributed by atoms with Crippen molar-refractivity contribution in [1.29, 1.82) is 0 Å². The molecular formula is C16H15FN4O. The SMILES string of the molecule is CC(=O)c1cc2cc(NCc3cc(N)ccc3F)cnc2[nH]1. The molecule has 6 heteroatoms. The summed E-state index contributed by atoms with van der Waals surface area (Å²) >= 11 is 0. The zero-order valence-electron chi connectivity index (χ0n) is 12.0. The van der Waals surface area contributed by atoms with E-state index in [-0.39, 0.29) is 11.6 Å². The average Bonchev–Trinajstić information content (AvgIpc) is 2.91. The summed E-state index contributed by atoms with van der Waals surface area (Å²) in [7, 11) is 0. The monoisotopic (exact) mass is 298 g/mol. The van der Waals surface area contributed by atoms with Gasteiger partial charge in [0.1, 0.15) is 11.5 Å². The molecular weight excluding hydrogens is 283 g/mol. The highest BCUT2D eigenvalue weighted by molar-refractivity contribution is 5.97. The molecule has 0 saturated heterocycles. The number of H-pyrrole nitrogens is 1. The number of benzene rings is 1. The number of carbonyl (C=O) groups is 1. The number of fused-ring (bicyclic) bond motifs is 1. The van der Waals surface area contributed by atoms with Gasteiger partial charge in [-0.1, -0.05) is 0 Å². The maximum absolute atomic E-state index is 13.7. The maximum Gasteiger partial charge on any atom is 0.176 e. The van der Waals surface area contributed by atoms with E-state index >= 15 is 0 Å². The number of halogens is 1. The molecule has 0 amide bonds. The van der Waals surface area contributed by atoms with Crippen molar-refractivity contribution in [3.63, 3.8) is 0 Å². The van der Waals surface area contributed by atoms with E-state index in [0.717, 1.165) is 11.1 Å². The molecule has 5 nitrogen and oxygen atoms in total. The van der Waals surface area contributed by atoms with Crippen LogP contribution in [0.3, 0.4) is 0 Å². The normalized spacial score (nSPS) is 10.8. The third-order valence-corrected chi connectivity index (χ3v) is 3.40. The Morgan fingerprint density at radius 2 is 2.18 bits per heavy atom. The van der Waals surface area contributed by atoms with Crippen LogP contribution in [0.4, 0.5) is 15.8 Å². The number of nitrogens with zero attached hydrogens (tertiary/aromatic N) is 1. The van der Waals surface area contributed by atoms with Gasteiger partial charge in [-0.05, 0) is 30.3 Å². The summed E-state index contributed by atoms with van der Waals surface area (Å²) < 4.78 is 13.7. The van der Waals surface area contributed by atoms with Crippen molar-refractivity contribution in [2.45, 2.75) is 13.5 Å². The number of hydrogen-bond donors (Lipinski definition) is 3. The van der Waals surface area contributed by atoms with Crippen molar-refractivity contribution < 1.29 is 9.18 Å². The van der Waals surface area contributed by atoms with Crippen molar-refractivity contribution in [2.75, 3.05) is 11.1 Å². The Balaban J connectivity index is 1.82. The molecule has 0 unspecified atom stereocenters. The fraction of sp³-hybridized carbons (Fsp3) is 0.125. The lowest BCUT2D eigenvalue weighted by molar-refractivity contribution is 0.101. The van der Waals surface area contributed by atoms with Gasteiger partial charge in [0.15, 0.2) is 5.78 Å². The standard InChI is InChI=1S/C16H15FN4O/c1-9(22)15-6-10-5-13(8-20-16(10)21-15)19-7-11-4-12(18)2-3-14(11)17/h2-6,8,19H,7,18H2,1H3,(H,20,21). The van der Waals surface area contributed by atoms with E-state index in [4.69, 9.17) is 5.73 Å². The Bertz CT molecular complexity index is 856. The van der Waals surface area contributed by atoms with Gasteiger partial charge in [-0.3, -0.25) is 4.79 Å². The number of pyridine rings is 1.